The van der Waals surface area contributed by atoms with Crippen molar-refractivity contribution in [3.8, 4) is 11.5 Å². The average Bonchev–Trinajstić information content (AvgIpc) is 2.45. The van der Waals surface area contributed by atoms with Gasteiger partial charge in [-0.1, -0.05) is 17.7 Å². The van der Waals surface area contributed by atoms with E-state index in [1.165, 1.54) is 5.56 Å². The van der Waals surface area contributed by atoms with Crippen molar-refractivity contribution in [2.24, 2.45) is 0 Å². The maximum Gasteiger partial charge on any atom is 0.123 e. The molecule has 0 aromatic heterocycles. The molecule has 4 heteroatoms. The van der Waals surface area contributed by atoms with Crippen LogP contribution in [0.2, 0.25) is 5.02 Å². The fourth-order valence-electron chi connectivity index (χ4n) is 2.50. The molecule has 0 unspecified atom stereocenters. The van der Waals surface area contributed by atoms with E-state index in [1.54, 1.807) is 7.11 Å². The number of aromatic hydroxyl groups is 1. The van der Waals surface area contributed by atoms with Crippen LogP contribution >= 0.6 is 11.6 Å². The van der Waals surface area contributed by atoms with Crippen molar-refractivity contribution in [2.75, 3.05) is 14.2 Å². The molecular weight excluding hydrogens is 298 g/mol. The van der Waals surface area contributed by atoms with Gasteiger partial charge in [-0.15, -0.1) is 0 Å². The third-order valence-electron chi connectivity index (χ3n) is 3.82. The van der Waals surface area contributed by atoms with Crippen molar-refractivity contribution >= 4 is 11.6 Å². The number of phenolic OH excluding ortho intramolecular Hbond substituents is 1. The summed E-state index contributed by atoms with van der Waals surface area (Å²) >= 11 is 6.07. The lowest BCUT2D eigenvalue weighted by atomic mass is 10.0. The molecule has 0 aliphatic rings. The number of hydrogen-bond donors (Lipinski definition) is 1. The summed E-state index contributed by atoms with van der Waals surface area (Å²) in [7, 11) is 3.66. The zero-order valence-corrected chi connectivity index (χ0v) is 14.2. The molecule has 0 aliphatic heterocycles. The molecule has 1 N–H and O–H groups in total. The number of benzene rings is 2. The molecular formula is C18H22ClNO2. The molecule has 22 heavy (non-hydrogen) atoms. The van der Waals surface area contributed by atoms with Crippen LogP contribution in [0.25, 0.3) is 0 Å². The second-order valence-corrected chi connectivity index (χ2v) is 6.13. The van der Waals surface area contributed by atoms with Gasteiger partial charge >= 0.3 is 0 Å². The van der Waals surface area contributed by atoms with Gasteiger partial charge in [0.2, 0.25) is 0 Å². The van der Waals surface area contributed by atoms with Gasteiger partial charge in [0.05, 0.1) is 7.11 Å². The van der Waals surface area contributed by atoms with Crippen molar-refractivity contribution in [2.45, 2.75) is 26.9 Å². The number of aryl methyl sites for hydroxylation is 2. The normalized spacial score (nSPS) is 11.0. The van der Waals surface area contributed by atoms with Crippen molar-refractivity contribution in [3.05, 3.63) is 57.6 Å². The Balaban J connectivity index is 2.15. The van der Waals surface area contributed by atoms with E-state index in [1.807, 2.05) is 44.3 Å². The molecule has 0 atom stereocenters. The SMILES string of the molecule is COc1ccc(Cl)cc1CN(C)Cc1cc(C)c(C)cc1O. The number of methoxy groups -OCH3 is 1. The number of nitrogens with zero attached hydrogens (tertiary/aromatic N) is 1. The number of hydrogen-bond acceptors (Lipinski definition) is 3. The summed E-state index contributed by atoms with van der Waals surface area (Å²) in [6, 6.07) is 9.46. The molecule has 0 heterocycles. The lowest BCUT2D eigenvalue weighted by Crippen LogP contribution is -2.18. The summed E-state index contributed by atoms with van der Waals surface area (Å²) in [5, 5.41) is 10.8. The van der Waals surface area contributed by atoms with E-state index in [9.17, 15) is 5.11 Å². The van der Waals surface area contributed by atoms with Crippen molar-refractivity contribution in [3.63, 3.8) is 0 Å². The molecule has 0 saturated carbocycles. The number of phenols is 1. The minimum atomic E-state index is 0.341. The second-order valence-electron chi connectivity index (χ2n) is 5.69. The smallest absolute Gasteiger partial charge is 0.123 e. The Morgan fingerprint density at radius 2 is 1.68 bits per heavy atom. The third kappa shape index (κ3) is 3.93. The van der Waals surface area contributed by atoms with Crippen LogP contribution in [0.4, 0.5) is 0 Å². The van der Waals surface area contributed by atoms with Crippen LogP contribution < -0.4 is 4.74 Å². The van der Waals surface area contributed by atoms with E-state index in [2.05, 4.69) is 11.8 Å². The zero-order chi connectivity index (χ0) is 16.3. The second kappa shape index (κ2) is 7.03. The highest BCUT2D eigenvalue weighted by Gasteiger charge is 2.11. The van der Waals surface area contributed by atoms with Crippen molar-refractivity contribution in [1.82, 2.24) is 4.90 Å². The van der Waals surface area contributed by atoms with E-state index in [0.717, 1.165) is 22.4 Å². The van der Waals surface area contributed by atoms with Gasteiger partial charge in [-0.2, -0.15) is 0 Å². The highest BCUT2D eigenvalue weighted by molar-refractivity contribution is 6.30. The van der Waals surface area contributed by atoms with Crippen LogP contribution in [-0.2, 0) is 13.1 Å². The van der Waals surface area contributed by atoms with Crippen LogP contribution in [0.3, 0.4) is 0 Å². The van der Waals surface area contributed by atoms with Gasteiger partial charge in [-0.3, -0.25) is 4.90 Å². The molecule has 0 bridgehead atoms. The van der Waals surface area contributed by atoms with Gasteiger partial charge in [-0.25, -0.2) is 0 Å². The van der Waals surface area contributed by atoms with E-state index in [-0.39, 0.29) is 0 Å². The fourth-order valence-corrected chi connectivity index (χ4v) is 2.69. The highest BCUT2D eigenvalue weighted by atomic mass is 35.5. The maximum atomic E-state index is 10.1. The lowest BCUT2D eigenvalue weighted by molar-refractivity contribution is 0.304. The maximum absolute atomic E-state index is 10.1. The Labute approximate surface area is 137 Å². The van der Waals surface area contributed by atoms with Crippen LogP contribution in [0.15, 0.2) is 30.3 Å². The Morgan fingerprint density at radius 3 is 2.36 bits per heavy atom. The summed E-state index contributed by atoms with van der Waals surface area (Å²) in [4.78, 5) is 2.12. The van der Waals surface area contributed by atoms with Gasteiger partial charge in [0.15, 0.2) is 0 Å². The Morgan fingerprint density at radius 1 is 1.05 bits per heavy atom. The monoisotopic (exact) mass is 319 g/mol. The summed E-state index contributed by atoms with van der Waals surface area (Å²) in [6.45, 7) is 5.40. The first-order valence-corrected chi connectivity index (χ1v) is 7.58. The quantitative estimate of drug-likeness (QED) is 0.891. The van der Waals surface area contributed by atoms with Crippen LogP contribution in [0, 0.1) is 13.8 Å². The van der Waals surface area contributed by atoms with E-state index in [4.69, 9.17) is 16.3 Å². The molecule has 0 radical (unpaired) electrons. The molecule has 2 aromatic rings. The highest BCUT2D eigenvalue weighted by Crippen LogP contribution is 2.26. The van der Waals surface area contributed by atoms with Crippen molar-refractivity contribution in [1.29, 1.82) is 0 Å². The van der Waals surface area contributed by atoms with Crippen molar-refractivity contribution < 1.29 is 9.84 Å². The predicted molar refractivity (Wildman–Crippen MR) is 90.8 cm³/mol. The molecule has 3 nitrogen and oxygen atoms in total. The molecule has 2 aromatic carbocycles. The first-order chi connectivity index (χ1) is 10.4. The molecule has 0 spiro atoms. The Kier molecular flexibility index (Phi) is 5.33. The van der Waals surface area contributed by atoms with Gasteiger partial charge in [0.1, 0.15) is 11.5 Å². The number of rotatable bonds is 5. The molecule has 0 aliphatic carbocycles. The number of halogens is 1. The third-order valence-corrected chi connectivity index (χ3v) is 4.05. The standard InChI is InChI=1S/C18H22ClNO2/c1-12-7-14(17(21)8-13(12)2)10-20(3)11-15-9-16(19)5-6-18(15)22-4/h5-9,21H,10-11H2,1-4H3. The lowest BCUT2D eigenvalue weighted by Gasteiger charge is -2.20. The van der Waals surface area contributed by atoms with Gasteiger partial charge < -0.3 is 9.84 Å². The predicted octanol–water partition coefficient (Wildman–Crippen LogP) is 4.30. The number of ether oxygens (including phenoxy) is 1. The summed E-state index contributed by atoms with van der Waals surface area (Å²) in [6.07, 6.45) is 0. The van der Waals surface area contributed by atoms with Crippen LogP contribution in [0.1, 0.15) is 22.3 Å². The molecule has 118 valence electrons. The van der Waals surface area contributed by atoms with Crippen LogP contribution in [0.5, 0.6) is 11.5 Å². The largest absolute Gasteiger partial charge is 0.508 e. The van der Waals surface area contributed by atoms with E-state index < -0.39 is 0 Å². The minimum absolute atomic E-state index is 0.341. The summed E-state index contributed by atoms with van der Waals surface area (Å²) in [5.41, 5.74) is 4.23. The summed E-state index contributed by atoms with van der Waals surface area (Å²) < 4.78 is 5.38. The van der Waals surface area contributed by atoms with E-state index >= 15 is 0 Å². The first-order valence-electron chi connectivity index (χ1n) is 7.20. The Bertz CT molecular complexity index is 670. The first kappa shape index (κ1) is 16.7. The minimum Gasteiger partial charge on any atom is -0.508 e. The molecule has 0 amide bonds. The fraction of sp³-hybridized carbons (Fsp3) is 0.333. The topological polar surface area (TPSA) is 32.7 Å². The zero-order valence-electron chi connectivity index (χ0n) is 13.5. The van der Waals surface area contributed by atoms with E-state index in [0.29, 0.717) is 23.9 Å². The van der Waals surface area contributed by atoms with Gasteiger partial charge in [0.25, 0.3) is 0 Å². The van der Waals surface area contributed by atoms with Gasteiger partial charge in [0, 0.05) is 29.2 Å². The average molecular weight is 320 g/mol. The van der Waals surface area contributed by atoms with Gasteiger partial charge in [-0.05, 0) is 56.3 Å². The summed E-state index contributed by atoms with van der Waals surface area (Å²) in [5.74, 6) is 1.16. The molecule has 0 fully saturated rings. The molecule has 2 rings (SSSR count). The Hall–Kier alpha value is -1.71. The van der Waals surface area contributed by atoms with Crippen LogP contribution in [-0.4, -0.2) is 24.2 Å². The molecule has 0 saturated heterocycles.